The van der Waals surface area contributed by atoms with Crippen LogP contribution in [0.4, 0.5) is 11.4 Å². The first-order valence-corrected chi connectivity index (χ1v) is 10.7. The van der Waals surface area contributed by atoms with Crippen LogP contribution in [0.15, 0.2) is 64.6 Å². The van der Waals surface area contributed by atoms with Gasteiger partial charge in [-0.25, -0.2) is 0 Å². The molecule has 2 aromatic heterocycles. The molecule has 1 saturated heterocycles. The van der Waals surface area contributed by atoms with Crippen LogP contribution in [-0.4, -0.2) is 48.0 Å². The van der Waals surface area contributed by atoms with Crippen LogP contribution < -0.4 is 15.5 Å². The van der Waals surface area contributed by atoms with Crippen LogP contribution in [0.3, 0.4) is 0 Å². The Morgan fingerprint density at radius 1 is 1.00 bits per heavy atom. The molecule has 0 bridgehead atoms. The number of anilines is 2. The highest BCUT2D eigenvalue weighted by atomic mass is 32.1. The Hall–Kier alpha value is -3.17. The molecule has 7 nitrogen and oxygen atoms in total. The lowest BCUT2D eigenvalue weighted by Gasteiger charge is -2.36. The summed E-state index contributed by atoms with van der Waals surface area (Å²) in [5, 5.41) is 7.69. The fourth-order valence-corrected chi connectivity index (χ4v) is 4.12. The number of furan rings is 1. The van der Waals surface area contributed by atoms with Crippen molar-refractivity contribution < 1.29 is 14.0 Å². The highest BCUT2D eigenvalue weighted by molar-refractivity contribution is 7.80. The Morgan fingerprint density at radius 3 is 2.40 bits per heavy atom. The fraction of sp³-hybridized carbons (Fsp3) is 0.190. The van der Waals surface area contributed by atoms with Gasteiger partial charge < -0.3 is 19.5 Å². The van der Waals surface area contributed by atoms with Gasteiger partial charge in [0.1, 0.15) is 0 Å². The summed E-state index contributed by atoms with van der Waals surface area (Å²) in [6.07, 6.45) is 1.43. The molecule has 30 heavy (non-hydrogen) atoms. The summed E-state index contributed by atoms with van der Waals surface area (Å²) < 4.78 is 5.04. The third-order valence-corrected chi connectivity index (χ3v) is 5.82. The zero-order valence-corrected chi connectivity index (χ0v) is 17.7. The molecule has 0 unspecified atom stereocenters. The smallest absolute Gasteiger partial charge is 0.293 e. The Bertz CT molecular complexity index is 1010. The Labute approximate surface area is 183 Å². The second-order valence-corrected chi connectivity index (χ2v) is 8.04. The topological polar surface area (TPSA) is 77.8 Å². The number of carbonyl (C=O) groups excluding carboxylic acids is 2. The van der Waals surface area contributed by atoms with Gasteiger partial charge in [0.2, 0.25) is 0 Å². The van der Waals surface area contributed by atoms with Gasteiger partial charge in [-0.15, -0.1) is 11.3 Å². The Morgan fingerprint density at radius 2 is 1.77 bits per heavy atom. The third kappa shape index (κ3) is 4.69. The van der Waals surface area contributed by atoms with E-state index in [1.54, 1.807) is 12.1 Å². The number of carbonyl (C=O) groups is 2. The van der Waals surface area contributed by atoms with E-state index in [0.29, 0.717) is 13.1 Å². The van der Waals surface area contributed by atoms with Crippen molar-refractivity contribution in [2.75, 3.05) is 36.4 Å². The molecule has 3 heterocycles. The Kier molecular flexibility index (Phi) is 6.10. The number of thiocarbonyl (C=S) groups is 1. The van der Waals surface area contributed by atoms with E-state index < -0.39 is 5.91 Å². The molecule has 3 aromatic rings. The van der Waals surface area contributed by atoms with Gasteiger partial charge in [0.25, 0.3) is 11.8 Å². The minimum Gasteiger partial charge on any atom is -0.459 e. The second kappa shape index (κ2) is 9.10. The SMILES string of the molecule is O=C(NC(=S)Nc1ccc(N2CCN(C(=O)c3cccs3)CC2)cc1)c1ccco1. The number of hydrogen-bond acceptors (Lipinski definition) is 6. The molecule has 2 N–H and O–H groups in total. The molecule has 1 fully saturated rings. The minimum absolute atomic E-state index is 0.106. The van der Waals surface area contributed by atoms with Crippen molar-refractivity contribution in [3.63, 3.8) is 0 Å². The molecule has 154 valence electrons. The number of piperazine rings is 1. The van der Waals surface area contributed by atoms with Crippen molar-refractivity contribution in [3.05, 3.63) is 70.8 Å². The molecule has 1 aliphatic heterocycles. The summed E-state index contributed by atoms with van der Waals surface area (Å²) >= 11 is 6.66. The minimum atomic E-state index is -0.399. The van der Waals surface area contributed by atoms with Gasteiger partial charge >= 0.3 is 0 Å². The van der Waals surface area contributed by atoms with Gasteiger partial charge in [0.05, 0.1) is 11.1 Å². The van der Waals surface area contributed by atoms with Gasteiger partial charge in [-0.05, 0) is 60.1 Å². The summed E-state index contributed by atoms with van der Waals surface area (Å²) in [6.45, 7) is 2.95. The first-order chi connectivity index (χ1) is 14.6. The third-order valence-electron chi connectivity index (χ3n) is 4.76. The number of amides is 2. The monoisotopic (exact) mass is 440 g/mol. The summed E-state index contributed by atoms with van der Waals surface area (Å²) in [6, 6.07) is 14.8. The lowest BCUT2D eigenvalue weighted by Crippen LogP contribution is -2.48. The quantitative estimate of drug-likeness (QED) is 0.606. The molecule has 2 amide bonds. The van der Waals surface area contributed by atoms with Crippen LogP contribution in [0, 0.1) is 0 Å². The summed E-state index contributed by atoms with van der Waals surface area (Å²) in [5.41, 5.74) is 1.85. The lowest BCUT2D eigenvalue weighted by molar-refractivity contribution is 0.0751. The van der Waals surface area contributed by atoms with Crippen LogP contribution in [0.25, 0.3) is 0 Å². The standard InChI is InChI=1S/C21H20N4O3S2/c26-19(17-3-1-13-28-17)23-21(29)22-15-5-7-16(8-6-15)24-9-11-25(12-10-24)20(27)18-4-2-14-30-18/h1-8,13-14H,9-12H2,(H2,22,23,26,29). The first kappa shape index (κ1) is 20.1. The zero-order chi connectivity index (χ0) is 20.9. The zero-order valence-electron chi connectivity index (χ0n) is 16.0. The van der Waals surface area contributed by atoms with Gasteiger partial charge in [-0.1, -0.05) is 6.07 Å². The summed E-state index contributed by atoms with van der Waals surface area (Å²) in [7, 11) is 0. The number of benzene rings is 1. The molecule has 4 rings (SSSR count). The van der Waals surface area contributed by atoms with Crippen molar-refractivity contribution in [2.45, 2.75) is 0 Å². The van der Waals surface area contributed by atoms with E-state index in [9.17, 15) is 9.59 Å². The molecule has 0 saturated carbocycles. The Balaban J connectivity index is 1.28. The normalized spacial score (nSPS) is 13.7. The van der Waals surface area contributed by atoms with E-state index in [4.69, 9.17) is 16.6 Å². The second-order valence-electron chi connectivity index (χ2n) is 6.69. The molecule has 1 aliphatic rings. The molecular formula is C21H20N4O3S2. The molecule has 0 atom stereocenters. The van der Waals surface area contributed by atoms with Crippen molar-refractivity contribution >= 4 is 51.9 Å². The van der Waals surface area contributed by atoms with Crippen LogP contribution in [-0.2, 0) is 0 Å². The number of nitrogens with one attached hydrogen (secondary N) is 2. The van der Waals surface area contributed by atoms with Gasteiger partial charge in [-0.2, -0.15) is 0 Å². The highest BCUT2D eigenvalue weighted by Gasteiger charge is 2.22. The number of nitrogens with zero attached hydrogens (tertiary/aromatic N) is 2. The maximum atomic E-state index is 12.5. The van der Waals surface area contributed by atoms with Crippen LogP contribution in [0.2, 0.25) is 0 Å². The average Bonchev–Trinajstić information content (AvgIpc) is 3.48. The highest BCUT2D eigenvalue weighted by Crippen LogP contribution is 2.21. The van der Waals surface area contributed by atoms with Crippen LogP contribution in [0.1, 0.15) is 20.2 Å². The maximum absolute atomic E-state index is 12.5. The van der Waals surface area contributed by atoms with E-state index in [-0.39, 0.29) is 16.8 Å². The predicted octanol–water partition coefficient (Wildman–Crippen LogP) is 3.43. The van der Waals surface area contributed by atoms with E-state index in [1.165, 1.54) is 17.6 Å². The molecular weight excluding hydrogens is 420 g/mol. The number of thiophene rings is 1. The molecule has 0 aliphatic carbocycles. The molecule has 0 radical (unpaired) electrons. The van der Waals surface area contributed by atoms with Crippen molar-refractivity contribution in [1.29, 1.82) is 0 Å². The van der Waals surface area contributed by atoms with E-state index in [2.05, 4.69) is 15.5 Å². The van der Waals surface area contributed by atoms with Crippen LogP contribution in [0.5, 0.6) is 0 Å². The van der Waals surface area contributed by atoms with Gasteiger partial charge in [-0.3, -0.25) is 14.9 Å². The lowest BCUT2D eigenvalue weighted by atomic mass is 10.2. The predicted molar refractivity (Wildman–Crippen MR) is 121 cm³/mol. The van der Waals surface area contributed by atoms with Crippen molar-refractivity contribution in [1.82, 2.24) is 10.2 Å². The largest absolute Gasteiger partial charge is 0.459 e. The summed E-state index contributed by atoms with van der Waals surface area (Å²) in [5.74, 6) is -0.0930. The summed E-state index contributed by atoms with van der Waals surface area (Å²) in [4.78, 5) is 29.4. The molecule has 9 heteroatoms. The molecule has 0 spiro atoms. The molecule has 1 aromatic carbocycles. The van der Waals surface area contributed by atoms with Crippen molar-refractivity contribution in [2.24, 2.45) is 0 Å². The van der Waals surface area contributed by atoms with Gasteiger partial charge in [0, 0.05) is 37.6 Å². The fourth-order valence-electron chi connectivity index (χ4n) is 3.21. The number of hydrogen-bond donors (Lipinski definition) is 2. The van der Waals surface area contributed by atoms with Crippen LogP contribution >= 0.6 is 23.6 Å². The van der Waals surface area contributed by atoms with E-state index in [0.717, 1.165) is 29.3 Å². The van der Waals surface area contributed by atoms with E-state index in [1.807, 2.05) is 46.7 Å². The number of rotatable bonds is 4. The van der Waals surface area contributed by atoms with Gasteiger partial charge in [0.15, 0.2) is 10.9 Å². The maximum Gasteiger partial charge on any atom is 0.293 e. The average molecular weight is 441 g/mol. The van der Waals surface area contributed by atoms with E-state index >= 15 is 0 Å². The van der Waals surface area contributed by atoms with Crippen molar-refractivity contribution in [3.8, 4) is 0 Å². The first-order valence-electron chi connectivity index (χ1n) is 9.44.